The third-order valence-corrected chi connectivity index (χ3v) is 4.74. The van der Waals surface area contributed by atoms with E-state index in [1.54, 1.807) is 0 Å². The summed E-state index contributed by atoms with van der Waals surface area (Å²) in [5.74, 6) is 1.76. The minimum absolute atomic E-state index is 0.00986. The van der Waals surface area contributed by atoms with E-state index in [9.17, 15) is 0 Å². The van der Waals surface area contributed by atoms with Crippen molar-refractivity contribution in [1.29, 1.82) is 0 Å². The van der Waals surface area contributed by atoms with Crippen LogP contribution in [-0.2, 0) is 5.41 Å². The van der Waals surface area contributed by atoms with Crippen LogP contribution in [-0.4, -0.2) is 41.7 Å². The first-order chi connectivity index (χ1) is 12.7. The molecule has 1 atom stereocenters. The van der Waals surface area contributed by atoms with Crippen molar-refractivity contribution in [2.24, 2.45) is 0 Å². The summed E-state index contributed by atoms with van der Waals surface area (Å²) >= 11 is 0. The van der Waals surface area contributed by atoms with Gasteiger partial charge in [0.15, 0.2) is 0 Å². The highest BCUT2D eigenvalue weighted by molar-refractivity contribution is 5.64. The summed E-state index contributed by atoms with van der Waals surface area (Å²) in [6, 6.07) is 8.82. The molecule has 5 heteroatoms. The second-order valence-corrected chi connectivity index (χ2v) is 8.67. The lowest BCUT2D eigenvalue weighted by Crippen LogP contribution is -2.49. The van der Waals surface area contributed by atoms with Crippen molar-refractivity contribution in [3.63, 3.8) is 0 Å². The van der Waals surface area contributed by atoms with Gasteiger partial charge in [0.1, 0.15) is 5.75 Å². The third-order valence-electron chi connectivity index (χ3n) is 4.74. The Morgan fingerprint density at radius 1 is 1.22 bits per heavy atom. The Balaban J connectivity index is 1.95. The van der Waals surface area contributed by atoms with Crippen molar-refractivity contribution in [3.05, 3.63) is 36.0 Å². The van der Waals surface area contributed by atoms with Crippen LogP contribution in [0.25, 0.3) is 11.3 Å². The Labute approximate surface area is 163 Å². The summed E-state index contributed by atoms with van der Waals surface area (Å²) in [6.07, 6.45) is 2.01. The summed E-state index contributed by atoms with van der Waals surface area (Å²) in [6.45, 7) is 15.8. The summed E-state index contributed by atoms with van der Waals surface area (Å²) in [4.78, 5) is 11.6. The van der Waals surface area contributed by atoms with Crippen LogP contribution >= 0.6 is 0 Å². The monoisotopic (exact) mass is 368 g/mol. The quantitative estimate of drug-likeness (QED) is 0.883. The van der Waals surface area contributed by atoms with E-state index in [1.807, 2.05) is 12.3 Å². The molecule has 27 heavy (non-hydrogen) atoms. The Morgan fingerprint density at radius 2 is 2.00 bits per heavy atom. The molecule has 2 aromatic rings. The Kier molecular flexibility index (Phi) is 5.70. The molecule has 1 N–H and O–H groups in total. The summed E-state index contributed by atoms with van der Waals surface area (Å²) in [5, 5.41) is 3.46. The molecule has 1 aromatic heterocycles. The van der Waals surface area contributed by atoms with Gasteiger partial charge in [-0.25, -0.2) is 9.97 Å². The van der Waals surface area contributed by atoms with Crippen LogP contribution in [0.15, 0.2) is 30.5 Å². The first-order valence-electron chi connectivity index (χ1n) is 9.87. The average molecular weight is 369 g/mol. The van der Waals surface area contributed by atoms with E-state index < -0.39 is 0 Å². The number of aromatic nitrogens is 2. The van der Waals surface area contributed by atoms with Gasteiger partial charge in [-0.05, 0) is 50.5 Å². The van der Waals surface area contributed by atoms with Gasteiger partial charge in [0.05, 0.1) is 11.8 Å². The molecule has 0 bridgehead atoms. The number of hydrogen-bond donors (Lipinski definition) is 1. The highest BCUT2D eigenvalue weighted by Gasteiger charge is 2.22. The molecular formula is C22H32N4O. The van der Waals surface area contributed by atoms with Gasteiger partial charge in [-0.1, -0.05) is 20.8 Å². The van der Waals surface area contributed by atoms with Crippen molar-refractivity contribution < 1.29 is 4.74 Å². The number of nitrogens with one attached hydrogen (secondary N) is 1. The molecule has 1 unspecified atom stereocenters. The fourth-order valence-corrected chi connectivity index (χ4v) is 3.41. The Hall–Kier alpha value is -2.14. The maximum Gasteiger partial charge on any atom is 0.225 e. The molecule has 2 heterocycles. The lowest BCUT2D eigenvalue weighted by molar-refractivity contribution is 0.236. The average Bonchev–Trinajstić information content (AvgIpc) is 2.61. The maximum absolute atomic E-state index is 6.05. The van der Waals surface area contributed by atoms with Gasteiger partial charge in [-0.15, -0.1) is 0 Å². The third kappa shape index (κ3) is 4.78. The molecule has 3 rings (SSSR count). The van der Waals surface area contributed by atoms with E-state index in [0.717, 1.165) is 42.6 Å². The van der Waals surface area contributed by atoms with Gasteiger partial charge in [-0.2, -0.15) is 0 Å². The van der Waals surface area contributed by atoms with E-state index in [4.69, 9.17) is 9.72 Å². The van der Waals surface area contributed by atoms with Gasteiger partial charge < -0.3 is 15.0 Å². The normalized spacial score (nSPS) is 18.0. The zero-order chi connectivity index (χ0) is 19.6. The highest BCUT2D eigenvalue weighted by Crippen LogP contribution is 2.35. The number of hydrogen-bond acceptors (Lipinski definition) is 5. The Morgan fingerprint density at radius 3 is 2.67 bits per heavy atom. The first-order valence-corrected chi connectivity index (χ1v) is 9.87. The fourth-order valence-electron chi connectivity index (χ4n) is 3.41. The molecule has 5 nitrogen and oxygen atoms in total. The molecule has 1 aliphatic rings. The van der Waals surface area contributed by atoms with E-state index in [0.29, 0.717) is 6.04 Å². The molecule has 1 fully saturated rings. The van der Waals surface area contributed by atoms with Crippen LogP contribution in [0, 0.1) is 0 Å². The van der Waals surface area contributed by atoms with Gasteiger partial charge in [-0.3, -0.25) is 0 Å². The van der Waals surface area contributed by atoms with Crippen molar-refractivity contribution >= 4 is 5.95 Å². The van der Waals surface area contributed by atoms with Crippen molar-refractivity contribution in [2.45, 2.75) is 59.1 Å². The smallest absolute Gasteiger partial charge is 0.225 e. The number of nitrogens with zero attached hydrogens (tertiary/aromatic N) is 3. The minimum Gasteiger partial charge on any atom is -0.491 e. The number of rotatable bonds is 4. The zero-order valence-electron chi connectivity index (χ0n) is 17.4. The minimum atomic E-state index is -0.00986. The van der Waals surface area contributed by atoms with Crippen molar-refractivity contribution in [1.82, 2.24) is 15.3 Å². The number of ether oxygens (including phenoxy) is 1. The molecule has 0 spiro atoms. The lowest BCUT2D eigenvalue weighted by Gasteiger charge is -2.32. The number of anilines is 1. The molecule has 1 saturated heterocycles. The predicted molar refractivity (Wildman–Crippen MR) is 112 cm³/mol. The first kappa shape index (κ1) is 19.6. The zero-order valence-corrected chi connectivity index (χ0v) is 17.4. The SMILES string of the molecule is CC1CN(c2nccc(-c3ccc(OC(C)C)c(C(C)(C)C)c3)n2)CCN1. The van der Waals surface area contributed by atoms with Gasteiger partial charge in [0, 0.05) is 43.0 Å². The second-order valence-electron chi connectivity index (χ2n) is 8.67. The lowest BCUT2D eigenvalue weighted by atomic mass is 9.85. The molecule has 146 valence electrons. The largest absolute Gasteiger partial charge is 0.491 e. The number of benzene rings is 1. The van der Waals surface area contributed by atoms with E-state index in [2.05, 4.69) is 74.9 Å². The van der Waals surface area contributed by atoms with E-state index in [-0.39, 0.29) is 11.5 Å². The molecule has 1 aromatic carbocycles. The molecule has 1 aliphatic heterocycles. The van der Waals surface area contributed by atoms with Crippen LogP contribution in [0.2, 0.25) is 0 Å². The fraction of sp³-hybridized carbons (Fsp3) is 0.545. The second kappa shape index (κ2) is 7.85. The summed E-state index contributed by atoms with van der Waals surface area (Å²) in [7, 11) is 0. The molecule has 0 radical (unpaired) electrons. The van der Waals surface area contributed by atoms with Crippen LogP contribution < -0.4 is 15.0 Å². The Bertz CT molecular complexity index is 782. The molecular weight excluding hydrogens is 336 g/mol. The molecule has 0 saturated carbocycles. The van der Waals surface area contributed by atoms with Crippen molar-refractivity contribution in [3.8, 4) is 17.0 Å². The standard InChI is InChI=1S/C22H32N4O/c1-15(2)27-20-8-7-17(13-18(20)22(4,5)6)19-9-10-24-21(25-19)26-12-11-23-16(3)14-26/h7-10,13,15-16,23H,11-12,14H2,1-6H3. The maximum atomic E-state index is 6.05. The highest BCUT2D eigenvalue weighted by atomic mass is 16.5. The summed E-state index contributed by atoms with van der Waals surface area (Å²) < 4.78 is 6.05. The van der Waals surface area contributed by atoms with Gasteiger partial charge >= 0.3 is 0 Å². The van der Waals surface area contributed by atoms with E-state index in [1.165, 1.54) is 5.56 Å². The van der Waals surface area contributed by atoms with Crippen molar-refractivity contribution in [2.75, 3.05) is 24.5 Å². The van der Waals surface area contributed by atoms with Gasteiger partial charge in [0.2, 0.25) is 5.95 Å². The number of piperazine rings is 1. The van der Waals surface area contributed by atoms with E-state index >= 15 is 0 Å². The molecule has 0 aliphatic carbocycles. The van der Waals surface area contributed by atoms with Gasteiger partial charge in [0.25, 0.3) is 0 Å². The predicted octanol–water partition coefficient (Wildman–Crippen LogP) is 4.03. The summed E-state index contributed by atoms with van der Waals surface area (Å²) in [5.41, 5.74) is 3.24. The van der Waals surface area contributed by atoms with Crippen LogP contribution in [0.4, 0.5) is 5.95 Å². The topological polar surface area (TPSA) is 50.3 Å². The van der Waals surface area contributed by atoms with Crippen LogP contribution in [0.3, 0.4) is 0 Å². The van der Waals surface area contributed by atoms with Crippen LogP contribution in [0.1, 0.15) is 47.1 Å². The van der Waals surface area contributed by atoms with Crippen LogP contribution in [0.5, 0.6) is 5.75 Å². The molecule has 0 amide bonds.